The summed E-state index contributed by atoms with van der Waals surface area (Å²) < 4.78 is 2.31. The third kappa shape index (κ3) is 2.45. The van der Waals surface area contributed by atoms with Gasteiger partial charge in [0.25, 0.3) is 0 Å². The minimum atomic E-state index is 0.344. The van der Waals surface area contributed by atoms with E-state index in [1.165, 1.54) is 24.2 Å². The Labute approximate surface area is 124 Å². The predicted octanol–water partition coefficient (Wildman–Crippen LogP) is 2.15. The van der Waals surface area contributed by atoms with E-state index in [-0.39, 0.29) is 0 Å². The van der Waals surface area contributed by atoms with Crippen LogP contribution < -0.4 is 5.73 Å². The Hall–Kier alpha value is -1.75. The van der Waals surface area contributed by atoms with Crippen molar-refractivity contribution in [3.63, 3.8) is 0 Å². The largest absolute Gasteiger partial charge is 0.388 e. The molecule has 20 heavy (non-hydrogen) atoms. The lowest BCUT2D eigenvalue weighted by Crippen LogP contribution is -2.13. The van der Waals surface area contributed by atoms with Crippen molar-refractivity contribution in [3.05, 3.63) is 46.8 Å². The number of nitrogens with zero attached hydrogens (tertiary/aromatic N) is 3. The van der Waals surface area contributed by atoms with Gasteiger partial charge in [-0.1, -0.05) is 12.2 Å². The van der Waals surface area contributed by atoms with Gasteiger partial charge in [0.15, 0.2) is 0 Å². The first kappa shape index (κ1) is 13.2. The van der Waals surface area contributed by atoms with Crippen LogP contribution in [0.1, 0.15) is 41.3 Å². The average molecular weight is 286 g/mol. The fourth-order valence-corrected chi connectivity index (χ4v) is 2.95. The molecule has 0 aromatic carbocycles. The second kappa shape index (κ2) is 5.32. The van der Waals surface area contributed by atoms with E-state index >= 15 is 0 Å². The van der Waals surface area contributed by atoms with Crippen LogP contribution in [0.4, 0.5) is 0 Å². The van der Waals surface area contributed by atoms with E-state index in [0.717, 1.165) is 30.8 Å². The first-order chi connectivity index (χ1) is 9.65. The topological polar surface area (TPSA) is 56.7 Å². The molecule has 0 spiro atoms. The molecule has 104 valence electrons. The van der Waals surface area contributed by atoms with Gasteiger partial charge < -0.3 is 10.3 Å². The zero-order valence-corrected chi connectivity index (χ0v) is 12.4. The van der Waals surface area contributed by atoms with Crippen molar-refractivity contribution in [2.75, 3.05) is 0 Å². The molecule has 0 atom stereocenters. The van der Waals surface area contributed by atoms with Gasteiger partial charge in [0.2, 0.25) is 0 Å². The maximum absolute atomic E-state index is 5.65. The van der Waals surface area contributed by atoms with Crippen molar-refractivity contribution in [1.29, 1.82) is 0 Å². The lowest BCUT2D eigenvalue weighted by atomic mass is 10.0. The summed E-state index contributed by atoms with van der Waals surface area (Å²) in [7, 11) is 0. The third-order valence-electron chi connectivity index (χ3n) is 3.84. The van der Waals surface area contributed by atoms with Gasteiger partial charge >= 0.3 is 0 Å². The Bertz CT molecular complexity index is 660. The number of aryl methyl sites for hydroxylation is 2. The summed E-state index contributed by atoms with van der Waals surface area (Å²) in [5, 5.41) is 0. The molecule has 3 rings (SSSR count). The fraction of sp³-hybridized carbons (Fsp3) is 0.400. The summed E-state index contributed by atoms with van der Waals surface area (Å²) >= 11 is 4.99. The number of rotatable bonds is 3. The molecule has 4 nitrogen and oxygen atoms in total. The lowest BCUT2D eigenvalue weighted by Gasteiger charge is -2.15. The van der Waals surface area contributed by atoms with Crippen LogP contribution in [0, 0.1) is 6.92 Å². The number of hydrogen-bond acceptors (Lipinski definition) is 3. The van der Waals surface area contributed by atoms with Gasteiger partial charge in [-0.25, -0.2) is 4.98 Å². The number of hydrogen-bond donors (Lipinski definition) is 1. The predicted molar refractivity (Wildman–Crippen MR) is 82.8 cm³/mol. The van der Waals surface area contributed by atoms with Crippen LogP contribution in [-0.4, -0.2) is 19.5 Å². The van der Waals surface area contributed by atoms with Gasteiger partial charge in [-0.3, -0.25) is 4.98 Å². The Morgan fingerprint density at radius 2 is 2.20 bits per heavy atom. The summed E-state index contributed by atoms with van der Waals surface area (Å²) in [6.45, 7) is 2.89. The molecule has 0 bridgehead atoms. The number of pyridine rings is 1. The van der Waals surface area contributed by atoms with Crippen molar-refractivity contribution in [3.8, 4) is 0 Å². The SMILES string of the molecule is Cc1nc2c(n1Cc1ccnc(C(N)=S)c1)CCCC2. The van der Waals surface area contributed by atoms with Crippen LogP contribution in [-0.2, 0) is 19.4 Å². The van der Waals surface area contributed by atoms with E-state index in [1.807, 2.05) is 12.1 Å². The van der Waals surface area contributed by atoms with Crippen LogP contribution in [0.2, 0.25) is 0 Å². The van der Waals surface area contributed by atoms with Crippen molar-refractivity contribution >= 4 is 17.2 Å². The normalized spacial score (nSPS) is 14.1. The second-order valence-electron chi connectivity index (χ2n) is 5.26. The summed E-state index contributed by atoms with van der Waals surface area (Å²) in [6.07, 6.45) is 6.51. The number of fused-ring (bicyclic) bond motifs is 1. The van der Waals surface area contributed by atoms with E-state index in [9.17, 15) is 0 Å². The summed E-state index contributed by atoms with van der Waals surface area (Å²) in [5.41, 5.74) is 10.2. The quantitative estimate of drug-likeness (QED) is 0.878. The van der Waals surface area contributed by atoms with Gasteiger partial charge in [-0.15, -0.1) is 0 Å². The van der Waals surface area contributed by atoms with Gasteiger partial charge in [0, 0.05) is 18.4 Å². The molecule has 2 N–H and O–H groups in total. The highest BCUT2D eigenvalue weighted by molar-refractivity contribution is 7.80. The van der Waals surface area contributed by atoms with E-state index in [4.69, 9.17) is 22.9 Å². The zero-order valence-electron chi connectivity index (χ0n) is 11.6. The highest BCUT2D eigenvalue weighted by atomic mass is 32.1. The molecule has 0 amide bonds. The first-order valence-electron chi connectivity index (χ1n) is 6.95. The van der Waals surface area contributed by atoms with Gasteiger partial charge in [0.1, 0.15) is 10.8 Å². The molecule has 0 fully saturated rings. The van der Waals surface area contributed by atoms with Crippen LogP contribution in [0.3, 0.4) is 0 Å². The monoisotopic (exact) mass is 286 g/mol. The molecule has 2 aromatic rings. The van der Waals surface area contributed by atoms with Crippen LogP contribution >= 0.6 is 12.2 Å². The zero-order chi connectivity index (χ0) is 14.1. The Balaban J connectivity index is 1.93. The molecule has 0 unspecified atom stereocenters. The molecule has 0 aliphatic heterocycles. The molecule has 0 radical (unpaired) electrons. The minimum absolute atomic E-state index is 0.344. The van der Waals surface area contributed by atoms with E-state index < -0.39 is 0 Å². The average Bonchev–Trinajstić information content (AvgIpc) is 2.76. The van der Waals surface area contributed by atoms with E-state index in [2.05, 4.69) is 16.5 Å². The maximum atomic E-state index is 5.65. The molecule has 5 heteroatoms. The lowest BCUT2D eigenvalue weighted by molar-refractivity contribution is 0.624. The smallest absolute Gasteiger partial charge is 0.122 e. The number of imidazole rings is 1. The Morgan fingerprint density at radius 1 is 1.40 bits per heavy atom. The molecular formula is C15H18N4S. The molecule has 1 aliphatic rings. The van der Waals surface area contributed by atoms with Crippen molar-refractivity contribution in [2.45, 2.75) is 39.2 Å². The van der Waals surface area contributed by atoms with Crippen LogP contribution in [0.5, 0.6) is 0 Å². The third-order valence-corrected chi connectivity index (χ3v) is 4.05. The molecular weight excluding hydrogens is 268 g/mol. The summed E-state index contributed by atoms with van der Waals surface area (Å²) in [6, 6.07) is 3.98. The summed E-state index contributed by atoms with van der Waals surface area (Å²) in [4.78, 5) is 9.23. The minimum Gasteiger partial charge on any atom is -0.388 e. The summed E-state index contributed by atoms with van der Waals surface area (Å²) in [5.74, 6) is 1.09. The standard InChI is InChI=1S/C15H18N4S/c1-10-18-12-4-2-3-5-14(12)19(10)9-11-6-7-17-13(8-11)15(16)20/h6-8H,2-5,9H2,1H3,(H2,16,20). The fourth-order valence-electron chi connectivity index (χ4n) is 2.84. The number of aromatic nitrogens is 3. The van der Waals surface area contributed by atoms with Crippen molar-refractivity contribution in [2.24, 2.45) is 5.73 Å². The van der Waals surface area contributed by atoms with E-state index in [1.54, 1.807) is 6.20 Å². The van der Waals surface area contributed by atoms with Crippen molar-refractivity contribution < 1.29 is 0 Å². The van der Waals surface area contributed by atoms with Crippen LogP contribution in [0.25, 0.3) is 0 Å². The molecule has 2 heterocycles. The van der Waals surface area contributed by atoms with Crippen molar-refractivity contribution in [1.82, 2.24) is 14.5 Å². The second-order valence-corrected chi connectivity index (χ2v) is 5.70. The molecule has 0 saturated heterocycles. The Morgan fingerprint density at radius 3 is 3.00 bits per heavy atom. The highest BCUT2D eigenvalue weighted by Crippen LogP contribution is 2.23. The van der Waals surface area contributed by atoms with Gasteiger partial charge in [0.05, 0.1) is 11.4 Å². The maximum Gasteiger partial charge on any atom is 0.122 e. The van der Waals surface area contributed by atoms with Gasteiger partial charge in [-0.05, 0) is 50.3 Å². The molecule has 1 aliphatic carbocycles. The Kier molecular flexibility index (Phi) is 3.53. The number of thiocarbonyl (C=S) groups is 1. The first-order valence-corrected chi connectivity index (χ1v) is 7.35. The van der Waals surface area contributed by atoms with E-state index in [0.29, 0.717) is 10.7 Å². The molecule has 2 aromatic heterocycles. The molecule has 0 saturated carbocycles. The van der Waals surface area contributed by atoms with Gasteiger partial charge in [-0.2, -0.15) is 0 Å². The van der Waals surface area contributed by atoms with Crippen LogP contribution in [0.15, 0.2) is 18.3 Å². The highest BCUT2D eigenvalue weighted by Gasteiger charge is 2.18. The number of nitrogens with two attached hydrogens (primary N) is 1.